The molecule has 1 aromatic carbocycles. The molecular weight excluding hydrogens is 319 g/mol. The van der Waals surface area contributed by atoms with Crippen molar-refractivity contribution in [1.82, 2.24) is 4.90 Å². The van der Waals surface area contributed by atoms with Crippen molar-refractivity contribution in [3.05, 3.63) is 45.8 Å². The third-order valence-corrected chi connectivity index (χ3v) is 3.72. The first-order valence-corrected chi connectivity index (χ1v) is 6.80. The third-order valence-electron chi connectivity index (χ3n) is 3.72. The molecule has 2 heterocycles. The van der Waals surface area contributed by atoms with E-state index in [0.717, 1.165) is 38.1 Å². The summed E-state index contributed by atoms with van der Waals surface area (Å²) in [7, 11) is 0. The molecule has 0 spiro atoms. The number of hydrogen-bond acceptors (Lipinski definition) is 3. The second-order valence-electron chi connectivity index (χ2n) is 5.29. The van der Waals surface area contributed by atoms with Crippen LogP contribution in [0.25, 0.3) is 11.0 Å². The Bertz CT molecular complexity index is 721. The van der Waals surface area contributed by atoms with Crippen LogP contribution in [0.2, 0.25) is 0 Å². The van der Waals surface area contributed by atoms with Gasteiger partial charge < -0.3 is 4.42 Å². The van der Waals surface area contributed by atoms with Gasteiger partial charge in [0.1, 0.15) is 5.58 Å². The lowest BCUT2D eigenvalue weighted by Crippen LogP contribution is -2.22. The van der Waals surface area contributed by atoms with Crippen molar-refractivity contribution < 1.29 is 17.6 Å². The van der Waals surface area contributed by atoms with Gasteiger partial charge in [-0.25, -0.2) is 4.79 Å². The van der Waals surface area contributed by atoms with Gasteiger partial charge in [0, 0.05) is 11.9 Å². The van der Waals surface area contributed by atoms with E-state index in [1.807, 2.05) is 0 Å². The maximum absolute atomic E-state index is 12.7. The summed E-state index contributed by atoms with van der Waals surface area (Å²) in [6.07, 6.45) is -2.24. The molecule has 0 saturated carbocycles. The van der Waals surface area contributed by atoms with Crippen LogP contribution in [0.4, 0.5) is 13.2 Å². The molecular formula is C15H15ClF3NO2. The van der Waals surface area contributed by atoms with Crippen LogP contribution >= 0.6 is 12.4 Å². The molecule has 1 saturated heterocycles. The topological polar surface area (TPSA) is 33.5 Å². The number of nitrogens with zero attached hydrogens (tertiary/aromatic N) is 1. The molecule has 3 nitrogen and oxygen atoms in total. The van der Waals surface area contributed by atoms with E-state index < -0.39 is 17.4 Å². The van der Waals surface area contributed by atoms with Gasteiger partial charge in [0.05, 0.1) is 11.1 Å². The average Bonchev–Trinajstić information content (AvgIpc) is 2.91. The Morgan fingerprint density at radius 1 is 1.14 bits per heavy atom. The SMILES string of the molecule is Cl.O=c1oc2ccc(C(F)(F)F)cc2cc1CN1CCCC1. The fourth-order valence-corrected chi connectivity index (χ4v) is 2.63. The van der Waals surface area contributed by atoms with Crippen LogP contribution < -0.4 is 5.63 Å². The maximum atomic E-state index is 12.7. The Labute approximate surface area is 131 Å². The molecule has 1 aliphatic rings. The number of benzene rings is 1. The predicted octanol–water partition coefficient (Wildman–Crippen LogP) is 3.83. The van der Waals surface area contributed by atoms with E-state index in [4.69, 9.17) is 4.42 Å². The maximum Gasteiger partial charge on any atom is 0.416 e. The van der Waals surface area contributed by atoms with Crippen LogP contribution in [-0.2, 0) is 12.7 Å². The van der Waals surface area contributed by atoms with Gasteiger partial charge in [-0.2, -0.15) is 13.2 Å². The Morgan fingerprint density at radius 3 is 2.45 bits per heavy atom. The smallest absolute Gasteiger partial charge is 0.416 e. The first-order valence-electron chi connectivity index (χ1n) is 6.80. The molecule has 0 atom stereocenters. The van der Waals surface area contributed by atoms with E-state index in [9.17, 15) is 18.0 Å². The van der Waals surface area contributed by atoms with Crippen molar-refractivity contribution >= 4 is 23.4 Å². The number of alkyl halides is 3. The first kappa shape index (κ1) is 16.8. The summed E-state index contributed by atoms with van der Waals surface area (Å²) >= 11 is 0. The quantitative estimate of drug-likeness (QED) is 0.783. The van der Waals surface area contributed by atoms with Crippen molar-refractivity contribution in [2.75, 3.05) is 13.1 Å². The number of hydrogen-bond donors (Lipinski definition) is 0. The Morgan fingerprint density at radius 2 is 1.82 bits per heavy atom. The largest absolute Gasteiger partial charge is 0.422 e. The molecule has 1 aliphatic heterocycles. The average molecular weight is 334 g/mol. The summed E-state index contributed by atoms with van der Waals surface area (Å²) in [5.74, 6) is 0. The zero-order valence-electron chi connectivity index (χ0n) is 11.7. The van der Waals surface area contributed by atoms with Crippen LogP contribution in [0.1, 0.15) is 24.0 Å². The summed E-state index contributed by atoms with van der Waals surface area (Å²) < 4.78 is 43.3. The van der Waals surface area contributed by atoms with E-state index in [2.05, 4.69) is 4.90 Å². The molecule has 3 rings (SSSR count). The Hall–Kier alpha value is -1.53. The van der Waals surface area contributed by atoms with E-state index in [0.29, 0.717) is 17.5 Å². The van der Waals surface area contributed by atoms with Gasteiger partial charge in [-0.15, -0.1) is 12.4 Å². The van der Waals surface area contributed by atoms with Crippen molar-refractivity contribution in [2.45, 2.75) is 25.6 Å². The second kappa shape index (κ2) is 6.30. The molecule has 120 valence electrons. The summed E-state index contributed by atoms with van der Waals surface area (Å²) in [6.45, 7) is 2.23. The molecule has 0 N–H and O–H groups in total. The number of halogens is 4. The van der Waals surface area contributed by atoms with E-state index in [1.54, 1.807) is 0 Å². The zero-order valence-corrected chi connectivity index (χ0v) is 12.5. The fraction of sp³-hybridized carbons (Fsp3) is 0.400. The highest BCUT2D eigenvalue weighted by molar-refractivity contribution is 5.85. The predicted molar refractivity (Wildman–Crippen MR) is 79.2 cm³/mol. The van der Waals surface area contributed by atoms with Crippen molar-refractivity contribution in [3.63, 3.8) is 0 Å². The summed E-state index contributed by atoms with van der Waals surface area (Å²) in [5.41, 5.74) is -0.632. The lowest BCUT2D eigenvalue weighted by Gasteiger charge is -2.14. The first-order chi connectivity index (χ1) is 9.93. The van der Waals surface area contributed by atoms with Gasteiger partial charge in [0.15, 0.2) is 0 Å². The zero-order chi connectivity index (χ0) is 15.0. The minimum absolute atomic E-state index is 0. The van der Waals surface area contributed by atoms with Crippen LogP contribution in [0.15, 0.2) is 33.5 Å². The minimum atomic E-state index is -4.40. The van der Waals surface area contributed by atoms with Crippen molar-refractivity contribution in [1.29, 1.82) is 0 Å². The Kier molecular flexibility index (Phi) is 4.82. The third kappa shape index (κ3) is 3.44. The van der Waals surface area contributed by atoms with Crippen molar-refractivity contribution in [3.8, 4) is 0 Å². The summed E-state index contributed by atoms with van der Waals surface area (Å²) in [5, 5.41) is 0.304. The number of fused-ring (bicyclic) bond motifs is 1. The number of rotatable bonds is 2. The van der Waals surface area contributed by atoms with Gasteiger partial charge in [-0.3, -0.25) is 4.90 Å². The lowest BCUT2D eigenvalue weighted by atomic mass is 10.1. The van der Waals surface area contributed by atoms with Crippen molar-refractivity contribution in [2.24, 2.45) is 0 Å². The molecule has 0 unspecified atom stereocenters. The van der Waals surface area contributed by atoms with Crippen LogP contribution in [-0.4, -0.2) is 18.0 Å². The molecule has 0 aliphatic carbocycles. The summed E-state index contributed by atoms with van der Waals surface area (Å²) in [6, 6.07) is 4.64. The van der Waals surface area contributed by atoms with Gasteiger partial charge >= 0.3 is 11.8 Å². The molecule has 0 amide bonds. The molecule has 0 radical (unpaired) electrons. The molecule has 1 aromatic heterocycles. The standard InChI is InChI=1S/C15H14F3NO2.ClH/c16-15(17,18)12-3-4-13-10(8-12)7-11(14(20)21-13)9-19-5-1-2-6-19;/h3-4,7-8H,1-2,5-6,9H2;1H. The van der Waals surface area contributed by atoms with Gasteiger partial charge in [0.25, 0.3) is 0 Å². The summed E-state index contributed by atoms with van der Waals surface area (Å²) in [4.78, 5) is 14.0. The number of likely N-dealkylation sites (tertiary alicyclic amines) is 1. The van der Waals surface area contributed by atoms with Gasteiger partial charge in [-0.05, 0) is 50.2 Å². The molecule has 0 bridgehead atoms. The highest BCUT2D eigenvalue weighted by Gasteiger charge is 2.30. The van der Waals surface area contributed by atoms with Crippen LogP contribution in [0, 0.1) is 0 Å². The van der Waals surface area contributed by atoms with Gasteiger partial charge in [-0.1, -0.05) is 0 Å². The fourth-order valence-electron chi connectivity index (χ4n) is 2.63. The molecule has 7 heteroatoms. The second-order valence-corrected chi connectivity index (χ2v) is 5.29. The molecule has 1 fully saturated rings. The van der Waals surface area contributed by atoms with E-state index >= 15 is 0 Å². The highest BCUT2D eigenvalue weighted by atomic mass is 35.5. The minimum Gasteiger partial charge on any atom is -0.422 e. The Balaban J connectivity index is 0.00000176. The van der Waals surface area contributed by atoms with Crippen LogP contribution in [0.3, 0.4) is 0 Å². The van der Waals surface area contributed by atoms with E-state index in [-0.39, 0.29) is 18.0 Å². The lowest BCUT2D eigenvalue weighted by molar-refractivity contribution is -0.137. The van der Waals surface area contributed by atoms with E-state index in [1.165, 1.54) is 12.1 Å². The van der Waals surface area contributed by atoms with Crippen LogP contribution in [0.5, 0.6) is 0 Å². The molecule has 2 aromatic rings. The molecule has 22 heavy (non-hydrogen) atoms. The monoisotopic (exact) mass is 333 g/mol. The normalized spacial score (nSPS) is 16.0. The van der Waals surface area contributed by atoms with Gasteiger partial charge in [0.2, 0.25) is 0 Å². The highest BCUT2D eigenvalue weighted by Crippen LogP contribution is 2.31.